The van der Waals surface area contributed by atoms with E-state index < -0.39 is 6.04 Å². The highest BCUT2D eigenvalue weighted by atomic mass is 16.5. The van der Waals surface area contributed by atoms with Crippen molar-refractivity contribution in [1.82, 2.24) is 0 Å². The molecule has 0 aromatic heterocycles. The van der Waals surface area contributed by atoms with Gasteiger partial charge in [0.05, 0.1) is 12.6 Å². The summed E-state index contributed by atoms with van der Waals surface area (Å²) < 4.78 is 10.3. The fourth-order valence-corrected chi connectivity index (χ4v) is 1.33. The lowest BCUT2D eigenvalue weighted by molar-refractivity contribution is -0.117. The van der Waals surface area contributed by atoms with Crippen LogP contribution in [0.25, 0.3) is 0 Å². The van der Waals surface area contributed by atoms with Gasteiger partial charge in [-0.25, -0.2) is 0 Å². The lowest BCUT2D eigenvalue weighted by atomic mass is 10.2. The standard InChI is InChI=1S/C13H20N2O3/c1-3-12(14)13(16)15-10-5-4-6-11(9-10)18-8-7-17-2/h4-6,9,12H,3,7-8,14H2,1-2H3,(H,15,16)/t12-/m0/s1. The maximum absolute atomic E-state index is 11.6. The summed E-state index contributed by atoms with van der Waals surface area (Å²) in [6.07, 6.45) is 0.607. The number of hydrogen-bond donors (Lipinski definition) is 2. The van der Waals surface area contributed by atoms with E-state index in [9.17, 15) is 4.79 Å². The first kappa shape index (κ1) is 14.5. The average molecular weight is 252 g/mol. The van der Waals surface area contributed by atoms with Gasteiger partial charge in [-0.3, -0.25) is 4.79 Å². The van der Waals surface area contributed by atoms with Gasteiger partial charge in [-0.05, 0) is 18.6 Å². The quantitative estimate of drug-likeness (QED) is 0.719. The fourth-order valence-electron chi connectivity index (χ4n) is 1.33. The molecule has 0 bridgehead atoms. The van der Waals surface area contributed by atoms with Gasteiger partial charge in [0.2, 0.25) is 5.91 Å². The van der Waals surface area contributed by atoms with Crippen molar-refractivity contribution in [3.8, 4) is 5.75 Å². The predicted octanol–water partition coefficient (Wildman–Crippen LogP) is 1.39. The Bertz CT molecular complexity index is 382. The van der Waals surface area contributed by atoms with Crippen molar-refractivity contribution in [1.29, 1.82) is 0 Å². The van der Waals surface area contributed by atoms with E-state index in [0.717, 1.165) is 0 Å². The van der Waals surface area contributed by atoms with Gasteiger partial charge in [-0.2, -0.15) is 0 Å². The molecule has 0 saturated heterocycles. The Hall–Kier alpha value is -1.59. The number of amides is 1. The van der Waals surface area contributed by atoms with E-state index in [1.165, 1.54) is 0 Å². The molecular weight excluding hydrogens is 232 g/mol. The third kappa shape index (κ3) is 4.73. The molecule has 100 valence electrons. The van der Waals surface area contributed by atoms with Crippen LogP contribution in [0.3, 0.4) is 0 Å². The Labute approximate surface area is 107 Å². The molecule has 0 radical (unpaired) electrons. The average Bonchev–Trinajstić information content (AvgIpc) is 2.38. The van der Waals surface area contributed by atoms with Crippen LogP contribution < -0.4 is 15.8 Å². The summed E-state index contributed by atoms with van der Waals surface area (Å²) in [5.74, 6) is 0.501. The number of benzene rings is 1. The Kier molecular flexibility index (Phi) is 6.18. The van der Waals surface area contributed by atoms with E-state index in [0.29, 0.717) is 31.1 Å². The second kappa shape index (κ2) is 7.68. The summed E-state index contributed by atoms with van der Waals surface area (Å²) in [4.78, 5) is 11.6. The van der Waals surface area contributed by atoms with E-state index in [1.807, 2.05) is 19.1 Å². The number of ether oxygens (including phenoxy) is 2. The van der Waals surface area contributed by atoms with E-state index in [1.54, 1.807) is 19.2 Å². The lowest BCUT2D eigenvalue weighted by Gasteiger charge is -2.11. The van der Waals surface area contributed by atoms with Gasteiger partial charge in [0.15, 0.2) is 0 Å². The maximum atomic E-state index is 11.6. The summed E-state index contributed by atoms with van der Waals surface area (Å²) in [5.41, 5.74) is 6.32. The third-order valence-corrected chi connectivity index (χ3v) is 2.43. The molecular formula is C13H20N2O3. The van der Waals surface area contributed by atoms with Crippen molar-refractivity contribution >= 4 is 11.6 Å². The van der Waals surface area contributed by atoms with Gasteiger partial charge in [-0.15, -0.1) is 0 Å². The van der Waals surface area contributed by atoms with Crippen LogP contribution in [0.2, 0.25) is 0 Å². The minimum atomic E-state index is -0.483. The number of nitrogens with one attached hydrogen (secondary N) is 1. The third-order valence-electron chi connectivity index (χ3n) is 2.43. The molecule has 5 heteroatoms. The van der Waals surface area contributed by atoms with Crippen molar-refractivity contribution in [2.75, 3.05) is 25.6 Å². The largest absolute Gasteiger partial charge is 0.491 e. The molecule has 0 aliphatic rings. The van der Waals surface area contributed by atoms with Crippen molar-refractivity contribution in [3.63, 3.8) is 0 Å². The number of nitrogens with two attached hydrogens (primary N) is 1. The zero-order valence-corrected chi connectivity index (χ0v) is 10.8. The molecule has 0 spiro atoms. The number of carbonyl (C=O) groups excluding carboxylic acids is 1. The molecule has 18 heavy (non-hydrogen) atoms. The van der Waals surface area contributed by atoms with Gasteiger partial charge < -0.3 is 20.5 Å². The molecule has 1 aromatic rings. The molecule has 5 nitrogen and oxygen atoms in total. The minimum Gasteiger partial charge on any atom is -0.491 e. The van der Waals surface area contributed by atoms with Gasteiger partial charge in [0.25, 0.3) is 0 Å². The number of methoxy groups -OCH3 is 1. The van der Waals surface area contributed by atoms with Gasteiger partial charge in [0.1, 0.15) is 12.4 Å². The summed E-state index contributed by atoms with van der Waals surface area (Å²) in [5, 5.41) is 2.75. The highest BCUT2D eigenvalue weighted by molar-refractivity contribution is 5.94. The fraction of sp³-hybridized carbons (Fsp3) is 0.462. The van der Waals surface area contributed by atoms with E-state index >= 15 is 0 Å². The second-order valence-corrected chi connectivity index (χ2v) is 3.87. The normalized spacial score (nSPS) is 11.9. The Morgan fingerprint density at radius 3 is 2.89 bits per heavy atom. The molecule has 1 aromatic carbocycles. The SMILES string of the molecule is CC[C@H](N)C(=O)Nc1cccc(OCCOC)c1. The topological polar surface area (TPSA) is 73.6 Å². The molecule has 0 saturated carbocycles. The Morgan fingerprint density at radius 1 is 1.44 bits per heavy atom. The van der Waals surface area contributed by atoms with Gasteiger partial charge >= 0.3 is 0 Å². The predicted molar refractivity (Wildman–Crippen MR) is 70.7 cm³/mol. The van der Waals surface area contributed by atoms with Crippen LogP contribution in [0.15, 0.2) is 24.3 Å². The number of anilines is 1. The van der Waals surface area contributed by atoms with Crippen molar-refractivity contribution in [2.24, 2.45) is 5.73 Å². The summed E-state index contributed by atoms with van der Waals surface area (Å²) in [6, 6.07) is 6.71. The van der Waals surface area contributed by atoms with E-state index in [4.69, 9.17) is 15.2 Å². The smallest absolute Gasteiger partial charge is 0.241 e. The number of rotatable bonds is 7. The van der Waals surface area contributed by atoms with Crippen LogP contribution in [0.5, 0.6) is 5.75 Å². The molecule has 0 aliphatic heterocycles. The molecule has 1 amide bonds. The molecule has 0 unspecified atom stereocenters. The summed E-state index contributed by atoms with van der Waals surface area (Å²) >= 11 is 0. The first-order chi connectivity index (χ1) is 8.67. The second-order valence-electron chi connectivity index (χ2n) is 3.87. The highest BCUT2D eigenvalue weighted by Crippen LogP contribution is 2.17. The minimum absolute atomic E-state index is 0.188. The molecule has 1 rings (SSSR count). The van der Waals surface area contributed by atoms with Crippen LogP contribution in [0.1, 0.15) is 13.3 Å². The summed E-state index contributed by atoms with van der Waals surface area (Å²) in [6.45, 7) is 2.87. The molecule has 0 fully saturated rings. The van der Waals surface area contributed by atoms with Crippen LogP contribution >= 0.6 is 0 Å². The van der Waals surface area contributed by atoms with Gasteiger partial charge in [0, 0.05) is 18.9 Å². The first-order valence-electron chi connectivity index (χ1n) is 5.95. The van der Waals surface area contributed by atoms with Crippen molar-refractivity contribution < 1.29 is 14.3 Å². The molecule has 3 N–H and O–H groups in total. The lowest BCUT2D eigenvalue weighted by Crippen LogP contribution is -2.34. The van der Waals surface area contributed by atoms with Crippen molar-refractivity contribution in [2.45, 2.75) is 19.4 Å². The molecule has 0 aliphatic carbocycles. The summed E-state index contributed by atoms with van der Waals surface area (Å²) in [7, 11) is 1.62. The van der Waals surface area contributed by atoms with Crippen LogP contribution in [-0.2, 0) is 9.53 Å². The van der Waals surface area contributed by atoms with Crippen LogP contribution in [-0.4, -0.2) is 32.3 Å². The van der Waals surface area contributed by atoms with E-state index in [2.05, 4.69) is 5.32 Å². The Morgan fingerprint density at radius 2 is 2.22 bits per heavy atom. The molecule has 1 atom stereocenters. The van der Waals surface area contributed by atoms with Crippen LogP contribution in [0.4, 0.5) is 5.69 Å². The Balaban J connectivity index is 2.56. The first-order valence-corrected chi connectivity index (χ1v) is 5.95. The highest BCUT2D eigenvalue weighted by Gasteiger charge is 2.10. The zero-order chi connectivity index (χ0) is 13.4. The monoisotopic (exact) mass is 252 g/mol. The zero-order valence-electron chi connectivity index (χ0n) is 10.8. The number of hydrogen-bond acceptors (Lipinski definition) is 4. The van der Waals surface area contributed by atoms with Crippen molar-refractivity contribution in [3.05, 3.63) is 24.3 Å². The molecule has 0 heterocycles. The maximum Gasteiger partial charge on any atom is 0.241 e. The van der Waals surface area contributed by atoms with E-state index in [-0.39, 0.29) is 5.91 Å². The van der Waals surface area contributed by atoms with Crippen LogP contribution in [0, 0.1) is 0 Å². The number of carbonyl (C=O) groups is 1. The van der Waals surface area contributed by atoms with Gasteiger partial charge in [-0.1, -0.05) is 13.0 Å².